The van der Waals surface area contributed by atoms with E-state index in [0.717, 1.165) is 35.4 Å². The maximum atomic E-state index is 12.3. The molecule has 0 saturated heterocycles. The van der Waals surface area contributed by atoms with Crippen LogP contribution in [0.15, 0.2) is 114 Å². The predicted molar refractivity (Wildman–Crippen MR) is 199 cm³/mol. The molecule has 6 aromatic rings. The van der Waals surface area contributed by atoms with Gasteiger partial charge in [0.15, 0.2) is 11.5 Å². The van der Waals surface area contributed by atoms with Crippen molar-refractivity contribution in [2.75, 3.05) is 11.5 Å². The van der Waals surface area contributed by atoms with Crippen LogP contribution in [0.5, 0.6) is 11.5 Å². The fraction of sp³-hybridized carbons (Fsp3) is 0.0588. The molecule has 6 rings (SSSR count). The number of aromatic hydroxyl groups is 2. The Balaban J connectivity index is 0.00000580. The predicted octanol–water partition coefficient (Wildman–Crippen LogP) is 4.43. The number of nitrogens with two attached hydrogens (primary N) is 2. The van der Waals surface area contributed by atoms with Crippen molar-refractivity contribution in [3.63, 3.8) is 0 Å². The van der Waals surface area contributed by atoms with Crippen LogP contribution in [0, 0.1) is 13.8 Å². The number of phenolic OH excluding ortho intramolecular Hbond substituents is 2. The molecule has 0 bridgehead atoms. The summed E-state index contributed by atoms with van der Waals surface area (Å²) in [4.78, 5) is -1.98. The van der Waals surface area contributed by atoms with Crippen LogP contribution in [0.4, 0.5) is 34.1 Å². The van der Waals surface area contributed by atoms with Crippen molar-refractivity contribution < 1.29 is 78.7 Å². The summed E-state index contributed by atoms with van der Waals surface area (Å²) < 4.78 is 100. The number of hydrogen-bond acceptors (Lipinski definition) is 14. The van der Waals surface area contributed by atoms with Crippen molar-refractivity contribution in [3.05, 3.63) is 90.0 Å². The van der Waals surface area contributed by atoms with Crippen molar-refractivity contribution in [2.24, 2.45) is 20.5 Å². The van der Waals surface area contributed by atoms with Gasteiger partial charge in [-0.05, 0) is 102 Å². The maximum Gasteiger partial charge on any atom is 1.00 e. The molecular formula is C34H28N6NaO11S3+. The third kappa shape index (κ3) is 8.17. The zero-order chi connectivity index (χ0) is 39.5. The van der Waals surface area contributed by atoms with Crippen LogP contribution >= 0.6 is 0 Å². The van der Waals surface area contributed by atoms with E-state index in [2.05, 4.69) is 20.5 Å². The summed E-state index contributed by atoms with van der Waals surface area (Å²) in [6.07, 6.45) is 0. The Kier molecular flexibility index (Phi) is 11.1. The van der Waals surface area contributed by atoms with Gasteiger partial charge in [0.05, 0.1) is 21.7 Å². The van der Waals surface area contributed by atoms with Crippen molar-refractivity contribution in [3.8, 4) is 22.6 Å². The van der Waals surface area contributed by atoms with E-state index in [1.807, 2.05) is 6.07 Å². The number of benzene rings is 6. The van der Waals surface area contributed by atoms with Crippen LogP contribution in [0.3, 0.4) is 0 Å². The Labute approximate surface area is 335 Å². The number of hydrogen-bond donors (Lipinski definition) is 7. The summed E-state index contributed by atoms with van der Waals surface area (Å²) in [5.74, 6) is -1.24. The molecule has 278 valence electrons. The molecule has 55 heavy (non-hydrogen) atoms. The summed E-state index contributed by atoms with van der Waals surface area (Å²) in [6.45, 7) is 3.48. The van der Waals surface area contributed by atoms with Gasteiger partial charge in [0.2, 0.25) is 0 Å². The summed E-state index contributed by atoms with van der Waals surface area (Å²) in [6, 6.07) is 18.0. The fourth-order valence-corrected chi connectivity index (χ4v) is 7.66. The second-order valence-corrected chi connectivity index (χ2v) is 16.2. The molecule has 0 unspecified atom stereocenters. The first kappa shape index (κ1) is 41.1. The Morgan fingerprint density at radius 2 is 1.05 bits per heavy atom. The quantitative estimate of drug-likeness (QED) is 0.0485. The second kappa shape index (κ2) is 14.9. The summed E-state index contributed by atoms with van der Waals surface area (Å²) in [5.41, 5.74) is 14.5. The van der Waals surface area contributed by atoms with Gasteiger partial charge in [-0.2, -0.15) is 35.5 Å². The molecule has 0 radical (unpaired) electrons. The van der Waals surface area contributed by atoms with E-state index in [1.54, 1.807) is 44.2 Å². The zero-order valence-corrected chi connectivity index (χ0v) is 33.3. The van der Waals surface area contributed by atoms with Gasteiger partial charge < -0.3 is 21.7 Å². The number of fused-ring (bicyclic) bond motifs is 2. The second-order valence-electron chi connectivity index (χ2n) is 12.0. The van der Waals surface area contributed by atoms with Crippen LogP contribution in [0.25, 0.3) is 32.7 Å². The number of nitrogen functional groups attached to an aromatic ring is 2. The van der Waals surface area contributed by atoms with Crippen LogP contribution < -0.4 is 41.0 Å². The number of phenols is 2. The van der Waals surface area contributed by atoms with Crippen molar-refractivity contribution >= 4 is 86.0 Å². The van der Waals surface area contributed by atoms with Crippen molar-refractivity contribution in [2.45, 2.75) is 28.5 Å². The minimum Gasteiger partial charge on any atom is -0.505 e. The van der Waals surface area contributed by atoms with Crippen LogP contribution in [0.2, 0.25) is 0 Å². The van der Waals surface area contributed by atoms with Gasteiger partial charge >= 0.3 is 29.6 Å². The standard InChI is InChI=1S/C34H28N6O11S3.Na/c1-16-11-18(3-7-25(16)37-39-27-9-5-22-28(53(46,47)48)10-6-23(35)31(22)33(27)41)19-4-8-26(17(2)12-19)38-40-32-29(54(49,50)51)14-20-13-21(52(43,44)45)15-24(36)30(20)34(32)42;/h3-15,41-42H,35-36H2,1-2H3,(H,43,44,45)(H,46,47,48)(H,49,50,51);/q;+1. The zero-order valence-electron chi connectivity index (χ0n) is 28.9. The summed E-state index contributed by atoms with van der Waals surface area (Å²) in [5, 5.41) is 37.8. The number of aryl methyl sites for hydroxylation is 2. The van der Waals surface area contributed by atoms with E-state index in [4.69, 9.17) is 11.5 Å². The van der Waals surface area contributed by atoms with Gasteiger partial charge in [0.1, 0.15) is 21.2 Å². The first-order valence-corrected chi connectivity index (χ1v) is 19.6. The Bertz CT molecular complexity index is 2990. The molecule has 6 aromatic carbocycles. The molecule has 0 aliphatic carbocycles. The van der Waals surface area contributed by atoms with Crippen LogP contribution in [-0.2, 0) is 30.4 Å². The molecule has 0 atom stereocenters. The maximum absolute atomic E-state index is 12.3. The molecule has 21 heteroatoms. The van der Waals surface area contributed by atoms with E-state index >= 15 is 0 Å². The third-order valence-electron chi connectivity index (χ3n) is 8.38. The van der Waals surface area contributed by atoms with E-state index in [1.165, 1.54) is 18.2 Å². The smallest absolute Gasteiger partial charge is 0.505 e. The Morgan fingerprint density at radius 1 is 0.527 bits per heavy atom. The molecule has 0 aliphatic heterocycles. The van der Waals surface area contributed by atoms with Crippen molar-refractivity contribution in [1.82, 2.24) is 0 Å². The number of rotatable bonds is 8. The fourth-order valence-electron chi connectivity index (χ4n) is 5.76. The number of azo groups is 2. The monoisotopic (exact) mass is 815 g/mol. The van der Waals surface area contributed by atoms with Gasteiger partial charge in [-0.1, -0.05) is 18.2 Å². The summed E-state index contributed by atoms with van der Waals surface area (Å²) in [7, 11) is -14.4. The molecule has 0 fully saturated rings. The topological polar surface area (TPSA) is 305 Å². The van der Waals surface area contributed by atoms with Gasteiger partial charge in [-0.15, -0.1) is 10.2 Å². The minimum atomic E-state index is -5.04. The normalized spacial score (nSPS) is 12.5. The van der Waals surface area contributed by atoms with E-state index in [-0.39, 0.29) is 73.9 Å². The average Bonchev–Trinajstić information content (AvgIpc) is 3.06. The van der Waals surface area contributed by atoms with E-state index < -0.39 is 62.2 Å². The van der Waals surface area contributed by atoms with E-state index in [9.17, 15) is 49.1 Å². The largest absolute Gasteiger partial charge is 1.00 e. The van der Waals surface area contributed by atoms with Gasteiger partial charge in [-0.25, -0.2) is 0 Å². The van der Waals surface area contributed by atoms with E-state index in [0.29, 0.717) is 16.8 Å². The number of anilines is 2. The molecule has 0 saturated carbocycles. The first-order chi connectivity index (χ1) is 25.1. The summed E-state index contributed by atoms with van der Waals surface area (Å²) >= 11 is 0. The van der Waals surface area contributed by atoms with Crippen molar-refractivity contribution in [1.29, 1.82) is 0 Å². The Hall–Kier alpha value is -5.03. The molecule has 0 spiro atoms. The molecule has 9 N–H and O–H groups in total. The van der Waals surface area contributed by atoms with Crippen LogP contribution in [-0.4, -0.2) is 49.1 Å². The molecule has 0 heterocycles. The molecule has 0 amide bonds. The molecule has 0 aliphatic rings. The SMILES string of the molecule is Cc1cc(-c2ccc(N=Nc3c(S(=O)(=O)O)cc4cc(S(=O)(=O)O)cc(N)c4c3O)c(C)c2)ccc1N=Nc1ccc2c(S(=O)(=O)O)ccc(N)c2c1O.[Na+]. The third-order valence-corrected chi connectivity index (χ3v) is 11.0. The molecule has 0 aromatic heterocycles. The minimum absolute atomic E-state index is 0. The molecular weight excluding hydrogens is 788 g/mol. The van der Waals surface area contributed by atoms with Gasteiger partial charge in [-0.3, -0.25) is 13.7 Å². The van der Waals surface area contributed by atoms with Gasteiger partial charge in [0.25, 0.3) is 30.4 Å². The average molecular weight is 816 g/mol. The van der Waals surface area contributed by atoms with Crippen LogP contribution in [0.1, 0.15) is 11.1 Å². The molecule has 17 nitrogen and oxygen atoms in total. The Morgan fingerprint density at radius 3 is 1.58 bits per heavy atom. The van der Waals surface area contributed by atoms with Gasteiger partial charge in [0, 0.05) is 22.1 Å². The number of nitrogens with zero attached hydrogens (tertiary/aromatic N) is 4. The first-order valence-electron chi connectivity index (χ1n) is 15.3.